The van der Waals surface area contributed by atoms with E-state index in [0.29, 0.717) is 68.3 Å². The minimum atomic E-state index is -0.443. The number of aromatic nitrogens is 10. The van der Waals surface area contributed by atoms with Crippen molar-refractivity contribution in [3.63, 3.8) is 0 Å². The van der Waals surface area contributed by atoms with Crippen LogP contribution in [0.1, 0.15) is 33.8 Å². The maximum absolute atomic E-state index is 12.4. The SMILES string of the molecule is CNC(=O)c1nnc(Cl)cc1Nc1cc(OC)cc(-c2cnn(C)n2)c1OC.CNC(=O)c1nnc(NC(=O)C2CC2)cc1Nc1cc(OC)cc(-c2cnn(C)n2)c1OC. The zero-order valence-corrected chi connectivity index (χ0v) is 35.1. The van der Waals surface area contributed by atoms with Crippen molar-refractivity contribution in [3.8, 4) is 45.5 Å². The number of nitrogens with one attached hydrogen (secondary N) is 5. The van der Waals surface area contributed by atoms with Crippen molar-refractivity contribution < 1.29 is 33.3 Å². The number of nitrogens with zero attached hydrogens (tertiary/aromatic N) is 10. The molecule has 22 nitrogen and oxygen atoms in total. The quantitative estimate of drug-likeness (QED) is 0.104. The summed E-state index contributed by atoms with van der Waals surface area (Å²) in [5, 5.41) is 46.8. The first-order chi connectivity index (χ1) is 29.4. The highest BCUT2D eigenvalue weighted by Crippen LogP contribution is 2.43. The number of carbonyl (C=O) groups excluding carboxylic acids is 3. The van der Waals surface area contributed by atoms with Crippen molar-refractivity contribution in [2.45, 2.75) is 12.8 Å². The number of amides is 3. The van der Waals surface area contributed by atoms with Gasteiger partial charge < -0.3 is 45.5 Å². The predicted molar refractivity (Wildman–Crippen MR) is 223 cm³/mol. The third-order valence-corrected chi connectivity index (χ3v) is 9.12. The molecule has 0 saturated heterocycles. The lowest BCUT2D eigenvalue weighted by Crippen LogP contribution is -2.22. The maximum atomic E-state index is 12.4. The maximum Gasteiger partial charge on any atom is 0.273 e. The summed E-state index contributed by atoms with van der Waals surface area (Å²) in [6, 6.07) is 10.1. The highest BCUT2D eigenvalue weighted by atomic mass is 35.5. The van der Waals surface area contributed by atoms with Crippen molar-refractivity contribution >= 4 is 57.9 Å². The molecule has 0 radical (unpaired) electrons. The van der Waals surface area contributed by atoms with E-state index >= 15 is 0 Å². The van der Waals surface area contributed by atoms with Crippen molar-refractivity contribution in [1.29, 1.82) is 0 Å². The van der Waals surface area contributed by atoms with Gasteiger partial charge in [-0.1, -0.05) is 11.6 Å². The first-order valence-corrected chi connectivity index (χ1v) is 18.7. The number of hydrogen-bond acceptors (Lipinski definition) is 17. The molecule has 2 aromatic carbocycles. The molecular weight excluding hydrogens is 814 g/mol. The summed E-state index contributed by atoms with van der Waals surface area (Å²) in [5.41, 5.74) is 4.30. The van der Waals surface area contributed by atoms with E-state index in [1.54, 1.807) is 71.0 Å². The summed E-state index contributed by atoms with van der Waals surface area (Å²) in [4.78, 5) is 39.6. The van der Waals surface area contributed by atoms with Gasteiger partial charge in [-0.25, -0.2) is 0 Å². The van der Waals surface area contributed by atoms with Gasteiger partial charge in [-0.15, -0.1) is 20.4 Å². The van der Waals surface area contributed by atoms with E-state index in [1.165, 1.54) is 44.0 Å². The molecule has 1 saturated carbocycles. The average Bonchev–Trinajstić information content (AvgIpc) is 3.89. The molecule has 23 heteroatoms. The molecule has 1 fully saturated rings. The Kier molecular flexibility index (Phi) is 13.4. The largest absolute Gasteiger partial charge is 0.497 e. The van der Waals surface area contributed by atoms with Crippen LogP contribution in [0, 0.1) is 5.92 Å². The Bertz CT molecular complexity index is 2580. The van der Waals surface area contributed by atoms with E-state index in [4.69, 9.17) is 30.5 Å². The van der Waals surface area contributed by atoms with Gasteiger partial charge in [0.15, 0.2) is 33.9 Å². The van der Waals surface area contributed by atoms with Crippen LogP contribution >= 0.6 is 11.6 Å². The van der Waals surface area contributed by atoms with Crippen LogP contribution in [0.2, 0.25) is 5.15 Å². The monoisotopic (exact) mass is 855 g/mol. The number of anilines is 5. The molecule has 1 aliphatic rings. The highest BCUT2D eigenvalue weighted by Gasteiger charge is 2.30. The Labute approximate surface area is 353 Å². The molecule has 0 atom stereocenters. The molecular formula is C38H42ClN15O7. The highest BCUT2D eigenvalue weighted by molar-refractivity contribution is 6.29. The van der Waals surface area contributed by atoms with E-state index in [2.05, 4.69) is 67.4 Å². The van der Waals surface area contributed by atoms with Gasteiger partial charge in [0.25, 0.3) is 11.8 Å². The van der Waals surface area contributed by atoms with Crippen molar-refractivity contribution in [2.75, 3.05) is 58.5 Å². The minimum absolute atomic E-state index is 0.00477. The minimum Gasteiger partial charge on any atom is -0.497 e. The Morgan fingerprint density at radius 1 is 0.639 bits per heavy atom. The summed E-state index contributed by atoms with van der Waals surface area (Å²) in [6.07, 6.45) is 4.93. The number of rotatable bonds is 14. The fraction of sp³-hybridized carbons (Fsp3) is 0.289. The Hall–Kier alpha value is -7.62. The molecule has 0 bridgehead atoms. The predicted octanol–water partition coefficient (Wildman–Crippen LogP) is 3.79. The Balaban J connectivity index is 0.000000207. The van der Waals surface area contributed by atoms with Crippen LogP contribution in [0.25, 0.3) is 22.5 Å². The second-order valence-corrected chi connectivity index (χ2v) is 13.4. The van der Waals surface area contributed by atoms with Crippen LogP contribution in [-0.2, 0) is 18.9 Å². The third kappa shape index (κ3) is 9.99. The van der Waals surface area contributed by atoms with E-state index in [1.807, 2.05) is 0 Å². The first kappa shape index (κ1) is 43.0. The number of benzene rings is 2. The van der Waals surface area contributed by atoms with Crippen molar-refractivity contribution in [2.24, 2.45) is 20.0 Å². The Morgan fingerprint density at radius 3 is 1.52 bits per heavy atom. The van der Waals surface area contributed by atoms with Gasteiger partial charge in [0.05, 0.1) is 74.7 Å². The summed E-state index contributed by atoms with van der Waals surface area (Å²) in [6.45, 7) is 0. The van der Waals surface area contributed by atoms with Crippen LogP contribution in [-0.4, -0.2) is 111 Å². The standard InChI is InChI=1S/C21H24N8O4.C17H18ClN7O3/c1-22-21(31)18-14(9-17(26-27-18)25-20(30)11-5-6-11)24-15-8-12(32-3)7-13(19(15)33-4)16-10-23-29(2)28-16;1-19-17(26)15-11(7-14(18)22-23-15)21-12-6-9(27-3)5-10(16(12)28-4)13-8-20-25(2)24-13/h7-11H,5-6H2,1-4H3,(H,22,31)(H2,24,25,26,30);5-8H,1-4H3,(H,19,26)(H,21,22). The molecule has 61 heavy (non-hydrogen) atoms. The van der Waals surface area contributed by atoms with Crippen LogP contribution in [0.3, 0.4) is 0 Å². The van der Waals surface area contributed by atoms with Gasteiger partial charge in [-0.2, -0.15) is 30.0 Å². The number of halogens is 1. The smallest absolute Gasteiger partial charge is 0.273 e. The van der Waals surface area contributed by atoms with Gasteiger partial charge in [-0.3, -0.25) is 14.4 Å². The third-order valence-electron chi connectivity index (χ3n) is 8.94. The summed E-state index contributed by atoms with van der Waals surface area (Å²) in [5.74, 6) is 1.28. The molecule has 6 aromatic rings. The first-order valence-electron chi connectivity index (χ1n) is 18.3. The molecule has 4 aromatic heterocycles. The van der Waals surface area contributed by atoms with Gasteiger partial charge in [-0.05, 0) is 25.0 Å². The molecule has 3 amide bonds. The van der Waals surface area contributed by atoms with E-state index in [0.717, 1.165) is 12.8 Å². The van der Waals surface area contributed by atoms with Gasteiger partial charge in [0.2, 0.25) is 5.91 Å². The van der Waals surface area contributed by atoms with Crippen LogP contribution in [0.5, 0.6) is 23.0 Å². The van der Waals surface area contributed by atoms with E-state index < -0.39 is 11.8 Å². The number of hydrogen-bond donors (Lipinski definition) is 5. The van der Waals surface area contributed by atoms with Crippen molar-refractivity contribution in [3.05, 3.63) is 65.3 Å². The molecule has 0 aliphatic heterocycles. The number of methoxy groups -OCH3 is 4. The summed E-state index contributed by atoms with van der Waals surface area (Å²) >= 11 is 5.97. The molecule has 1 aliphatic carbocycles. The molecule has 318 valence electrons. The molecule has 7 rings (SSSR count). The summed E-state index contributed by atoms with van der Waals surface area (Å²) in [7, 11) is 12.6. The zero-order valence-electron chi connectivity index (χ0n) is 34.3. The zero-order chi connectivity index (χ0) is 43.8. The fourth-order valence-electron chi connectivity index (χ4n) is 5.83. The van der Waals surface area contributed by atoms with Crippen molar-refractivity contribution in [1.82, 2.24) is 61.0 Å². The van der Waals surface area contributed by atoms with E-state index in [-0.39, 0.29) is 34.2 Å². The van der Waals surface area contributed by atoms with Crippen LogP contribution < -0.4 is 45.5 Å². The second-order valence-electron chi connectivity index (χ2n) is 13.0. The number of carbonyl (C=O) groups is 3. The molecule has 5 N–H and O–H groups in total. The molecule has 4 heterocycles. The normalized spacial score (nSPS) is 11.7. The van der Waals surface area contributed by atoms with Crippen LogP contribution in [0.4, 0.5) is 28.6 Å². The van der Waals surface area contributed by atoms with E-state index in [9.17, 15) is 14.4 Å². The summed E-state index contributed by atoms with van der Waals surface area (Å²) < 4.78 is 22.1. The van der Waals surface area contributed by atoms with Gasteiger partial charge >= 0.3 is 0 Å². The fourth-order valence-corrected chi connectivity index (χ4v) is 5.98. The lowest BCUT2D eigenvalue weighted by Gasteiger charge is -2.17. The number of ether oxygens (including phenoxy) is 4. The number of aryl methyl sites for hydroxylation is 2. The second kappa shape index (κ2) is 19.0. The topological polar surface area (TPSA) is 261 Å². The van der Waals surface area contributed by atoms with Crippen LogP contribution in [0.15, 0.2) is 48.8 Å². The van der Waals surface area contributed by atoms with Gasteiger partial charge in [0, 0.05) is 58.4 Å². The lowest BCUT2D eigenvalue weighted by molar-refractivity contribution is -0.117. The molecule has 0 unspecified atom stereocenters. The molecule has 0 spiro atoms. The Morgan fingerprint density at radius 2 is 1.11 bits per heavy atom. The van der Waals surface area contributed by atoms with Gasteiger partial charge in [0.1, 0.15) is 22.9 Å². The average molecular weight is 856 g/mol. The lowest BCUT2D eigenvalue weighted by atomic mass is 10.1.